The lowest BCUT2D eigenvalue weighted by Crippen LogP contribution is -2.03. The van der Waals surface area contributed by atoms with Crippen LogP contribution in [0.5, 0.6) is 5.75 Å². The zero-order valence-electron chi connectivity index (χ0n) is 10.6. The van der Waals surface area contributed by atoms with Gasteiger partial charge in [0.1, 0.15) is 11.6 Å². The van der Waals surface area contributed by atoms with Crippen LogP contribution in [-0.2, 0) is 11.3 Å². The van der Waals surface area contributed by atoms with Crippen molar-refractivity contribution in [3.05, 3.63) is 24.0 Å². The number of rotatable bonds is 5. The van der Waals surface area contributed by atoms with Crippen LogP contribution in [0.25, 0.3) is 11.4 Å². The smallest absolute Gasteiger partial charge is 0.313 e. The van der Waals surface area contributed by atoms with Crippen LogP contribution in [0, 0.1) is 5.82 Å². The number of hydrogen-bond donors (Lipinski definition) is 2. The monoisotopic (exact) mass is 297 g/mol. The number of thioether (sulfide) groups is 1. The fourth-order valence-electron chi connectivity index (χ4n) is 1.69. The van der Waals surface area contributed by atoms with E-state index < -0.39 is 11.8 Å². The van der Waals surface area contributed by atoms with E-state index in [1.807, 2.05) is 6.92 Å². The number of carboxylic acids is 1. The normalized spacial score (nSPS) is 10.7. The molecule has 0 radical (unpaired) electrons. The quantitative estimate of drug-likeness (QED) is 0.820. The summed E-state index contributed by atoms with van der Waals surface area (Å²) in [7, 11) is 0. The molecule has 0 aliphatic rings. The number of aromatic nitrogens is 3. The van der Waals surface area contributed by atoms with Crippen molar-refractivity contribution in [2.24, 2.45) is 0 Å². The van der Waals surface area contributed by atoms with Crippen molar-refractivity contribution >= 4 is 17.7 Å². The van der Waals surface area contributed by atoms with Gasteiger partial charge in [-0.1, -0.05) is 11.8 Å². The van der Waals surface area contributed by atoms with Gasteiger partial charge in [0.25, 0.3) is 0 Å². The van der Waals surface area contributed by atoms with Gasteiger partial charge >= 0.3 is 5.97 Å². The summed E-state index contributed by atoms with van der Waals surface area (Å²) in [5.41, 5.74) is 0.208. The summed E-state index contributed by atoms with van der Waals surface area (Å²) in [4.78, 5) is 10.6. The van der Waals surface area contributed by atoms with Crippen molar-refractivity contribution in [3.8, 4) is 17.1 Å². The molecule has 0 aliphatic heterocycles. The zero-order chi connectivity index (χ0) is 14.7. The minimum Gasteiger partial charge on any atom is -0.508 e. The van der Waals surface area contributed by atoms with E-state index in [-0.39, 0.29) is 17.1 Å². The van der Waals surface area contributed by atoms with Crippen molar-refractivity contribution < 1.29 is 19.4 Å². The van der Waals surface area contributed by atoms with Crippen LogP contribution in [0.4, 0.5) is 4.39 Å². The number of phenolic OH excluding ortho intramolecular Hbond substituents is 1. The Morgan fingerprint density at radius 1 is 1.45 bits per heavy atom. The minimum absolute atomic E-state index is 0.143. The lowest BCUT2D eigenvalue weighted by molar-refractivity contribution is -0.133. The maximum absolute atomic E-state index is 13.8. The molecule has 6 nitrogen and oxygen atoms in total. The number of aromatic hydroxyl groups is 1. The van der Waals surface area contributed by atoms with Gasteiger partial charge in [0, 0.05) is 12.6 Å². The molecule has 0 fully saturated rings. The predicted molar refractivity (Wildman–Crippen MR) is 71.1 cm³/mol. The number of aliphatic carboxylic acids is 1. The molecule has 0 spiro atoms. The molecule has 20 heavy (non-hydrogen) atoms. The Labute approximate surface area is 118 Å². The molecule has 1 aromatic carbocycles. The Hall–Kier alpha value is -2.09. The molecule has 0 saturated carbocycles. The summed E-state index contributed by atoms with van der Waals surface area (Å²) < 4.78 is 15.5. The van der Waals surface area contributed by atoms with Crippen molar-refractivity contribution in [1.82, 2.24) is 14.8 Å². The van der Waals surface area contributed by atoms with Crippen molar-refractivity contribution in [2.45, 2.75) is 18.6 Å². The molecule has 0 atom stereocenters. The van der Waals surface area contributed by atoms with Crippen LogP contribution < -0.4 is 0 Å². The van der Waals surface area contributed by atoms with Crippen LogP contribution in [0.2, 0.25) is 0 Å². The van der Waals surface area contributed by atoms with Gasteiger partial charge < -0.3 is 14.8 Å². The molecular formula is C12H12FN3O3S. The Balaban J connectivity index is 2.39. The number of nitrogens with zero attached hydrogens (tertiary/aromatic N) is 3. The van der Waals surface area contributed by atoms with Gasteiger partial charge in [-0.25, -0.2) is 4.39 Å². The highest BCUT2D eigenvalue weighted by atomic mass is 32.2. The molecule has 1 heterocycles. The molecule has 2 aromatic rings. The highest BCUT2D eigenvalue weighted by Crippen LogP contribution is 2.27. The second-order valence-electron chi connectivity index (χ2n) is 3.90. The van der Waals surface area contributed by atoms with Crippen molar-refractivity contribution in [3.63, 3.8) is 0 Å². The van der Waals surface area contributed by atoms with E-state index in [0.29, 0.717) is 17.5 Å². The van der Waals surface area contributed by atoms with Gasteiger partial charge in [0.15, 0.2) is 11.0 Å². The summed E-state index contributed by atoms with van der Waals surface area (Å²) in [6.07, 6.45) is 0. The van der Waals surface area contributed by atoms with E-state index in [0.717, 1.165) is 17.8 Å². The highest BCUT2D eigenvalue weighted by Gasteiger charge is 2.17. The number of carboxylic acid groups (broad SMARTS) is 1. The molecule has 0 bridgehead atoms. The number of halogens is 1. The Morgan fingerprint density at radius 3 is 2.80 bits per heavy atom. The van der Waals surface area contributed by atoms with Crippen LogP contribution in [-0.4, -0.2) is 36.7 Å². The third kappa shape index (κ3) is 2.90. The molecule has 0 unspecified atom stereocenters. The minimum atomic E-state index is -0.960. The summed E-state index contributed by atoms with van der Waals surface area (Å²) in [5.74, 6) is -1.58. The fraction of sp³-hybridized carbons (Fsp3) is 0.250. The molecule has 2 rings (SSSR count). The van der Waals surface area contributed by atoms with E-state index in [2.05, 4.69) is 10.2 Å². The Kier molecular flexibility index (Phi) is 4.23. The number of carbonyl (C=O) groups is 1. The SMILES string of the molecule is CCn1c(SCC(=O)O)nnc1-c1ccc(O)cc1F. The second-order valence-corrected chi connectivity index (χ2v) is 4.84. The Bertz CT molecular complexity index is 645. The van der Waals surface area contributed by atoms with Gasteiger partial charge in [-0.2, -0.15) is 0 Å². The van der Waals surface area contributed by atoms with E-state index in [4.69, 9.17) is 5.11 Å². The molecule has 8 heteroatoms. The van der Waals surface area contributed by atoms with Gasteiger partial charge in [0.05, 0.1) is 11.3 Å². The first-order valence-corrected chi connectivity index (χ1v) is 6.78. The van der Waals surface area contributed by atoms with E-state index in [1.165, 1.54) is 12.1 Å². The summed E-state index contributed by atoms with van der Waals surface area (Å²) in [6.45, 7) is 2.31. The molecular weight excluding hydrogens is 285 g/mol. The first-order valence-electron chi connectivity index (χ1n) is 5.79. The maximum Gasteiger partial charge on any atom is 0.313 e. The molecule has 0 amide bonds. The average Bonchev–Trinajstić information content (AvgIpc) is 2.79. The Morgan fingerprint density at radius 2 is 2.20 bits per heavy atom. The molecule has 2 N–H and O–H groups in total. The molecule has 0 saturated heterocycles. The van der Waals surface area contributed by atoms with E-state index in [9.17, 15) is 14.3 Å². The third-order valence-corrected chi connectivity index (χ3v) is 3.50. The standard InChI is InChI=1S/C12H12FN3O3S/c1-2-16-11(8-4-3-7(17)5-9(8)13)14-15-12(16)20-6-10(18)19/h3-5,17H,2,6H2,1H3,(H,18,19). The van der Waals surface area contributed by atoms with Crippen molar-refractivity contribution in [2.75, 3.05) is 5.75 Å². The van der Waals surface area contributed by atoms with Gasteiger partial charge in [0.2, 0.25) is 0 Å². The van der Waals surface area contributed by atoms with Crippen molar-refractivity contribution in [1.29, 1.82) is 0 Å². The zero-order valence-corrected chi connectivity index (χ0v) is 11.4. The number of hydrogen-bond acceptors (Lipinski definition) is 5. The molecule has 106 valence electrons. The third-order valence-electron chi connectivity index (χ3n) is 2.55. The number of benzene rings is 1. The summed E-state index contributed by atoms with van der Waals surface area (Å²) >= 11 is 1.02. The van der Waals surface area contributed by atoms with Crippen LogP contribution in [0.3, 0.4) is 0 Å². The van der Waals surface area contributed by atoms with Crippen LogP contribution in [0.15, 0.2) is 23.4 Å². The molecule has 0 aliphatic carbocycles. The van der Waals surface area contributed by atoms with Gasteiger partial charge in [-0.05, 0) is 19.1 Å². The topological polar surface area (TPSA) is 88.2 Å². The summed E-state index contributed by atoms with van der Waals surface area (Å²) in [6, 6.07) is 3.76. The largest absolute Gasteiger partial charge is 0.508 e. The van der Waals surface area contributed by atoms with Crippen LogP contribution in [0.1, 0.15) is 6.92 Å². The second kappa shape index (κ2) is 5.91. The lowest BCUT2D eigenvalue weighted by Gasteiger charge is -2.07. The lowest BCUT2D eigenvalue weighted by atomic mass is 10.2. The first-order chi connectivity index (χ1) is 9.52. The van der Waals surface area contributed by atoms with Gasteiger partial charge in [-0.15, -0.1) is 10.2 Å². The van der Waals surface area contributed by atoms with E-state index in [1.54, 1.807) is 4.57 Å². The molecule has 1 aromatic heterocycles. The van der Waals surface area contributed by atoms with Gasteiger partial charge in [-0.3, -0.25) is 4.79 Å². The fourth-order valence-corrected chi connectivity index (χ4v) is 2.41. The van der Waals surface area contributed by atoms with Crippen LogP contribution >= 0.6 is 11.8 Å². The van der Waals surface area contributed by atoms with E-state index >= 15 is 0 Å². The average molecular weight is 297 g/mol. The summed E-state index contributed by atoms with van der Waals surface area (Å²) in [5, 5.41) is 26.1. The number of phenols is 1. The maximum atomic E-state index is 13.8. The highest BCUT2D eigenvalue weighted by molar-refractivity contribution is 7.99. The predicted octanol–water partition coefficient (Wildman–Crippen LogP) is 1.99. The first kappa shape index (κ1) is 14.3.